The second-order valence-electron chi connectivity index (χ2n) is 8.56. The Morgan fingerprint density at radius 3 is 2.42 bits per heavy atom. The highest BCUT2D eigenvalue weighted by Crippen LogP contribution is 2.34. The van der Waals surface area contributed by atoms with E-state index in [0.29, 0.717) is 18.1 Å². The summed E-state index contributed by atoms with van der Waals surface area (Å²) in [7, 11) is 1.62. The van der Waals surface area contributed by atoms with Gasteiger partial charge in [0, 0.05) is 13.0 Å². The number of aryl methyl sites for hydroxylation is 2. The molecule has 0 aliphatic carbocycles. The number of hydrogen-bond acceptors (Lipinski definition) is 5. The van der Waals surface area contributed by atoms with E-state index in [-0.39, 0.29) is 18.0 Å². The predicted molar refractivity (Wildman–Crippen MR) is 142 cm³/mol. The van der Waals surface area contributed by atoms with Crippen molar-refractivity contribution >= 4 is 40.1 Å². The number of amides is 2. The summed E-state index contributed by atoms with van der Waals surface area (Å²) in [5, 5.41) is 2.50. The van der Waals surface area contributed by atoms with Gasteiger partial charge in [-0.25, -0.2) is 9.38 Å². The molecule has 1 aliphatic heterocycles. The Labute approximate surface area is 214 Å². The number of ether oxygens (including phenoxy) is 1. The third kappa shape index (κ3) is 5.94. The van der Waals surface area contributed by atoms with Crippen molar-refractivity contribution in [1.29, 1.82) is 0 Å². The van der Waals surface area contributed by atoms with Crippen LogP contribution in [0.5, 0.6) is 5.75 Å². The maximum atomic E-state index is 14.0. The van der Waals surface area contributed by atoms with Crippen molar-refractivity contribution in [1.82, 2.24) is 4.90 Å². The first kappa shape index (κ1) is 25.4. The fraction of sp³-hybridized carbons (Fsp3) is 0.250. The third-order valence-electron chi connectivity index (χ3n) is 5.97. The number of benzene rings is 3. The molecule has 1 unspecified atom stereocenters. The summed E-state index contributed by atoms with van der Waals surface area (Å²) >= 11 is 1.28. The van der Waals surface area contributed by atoms with Gasteiger partial charge in [0.15, 0.2) is 5.17 Å². The first-order chi connectivity index (χ1) is 17.4. The fourth-order valence-electron chi connectivity index (χ4n) is 3.97. The number of rotatable bonds is 8. The molecule has 1 heterocycles. The van der Waals surface area contributed by atoms with E-state index in [9.17, 15) is 14.0 Å². The Morgan fingerprint density at radius 2 is 1.75 bits per heavy atom. The summed E-state index contributed by atoms with van der Waals surface area (Å²) < 4.78 is 19.2. The van der Waals surface area contributed by atoms with Crippen LogP contribution in [0.1, 0.15) is 23.1 Å². The van der Waals surface area contributed by atoms with Gasteiger partial charge < -0.3 is 10.1 Å². The number of anilines is 1. The normalized spacial score (nSPS) is 16.4. The maximum absolute atomic E-state index is 14.0. The van der Waals surface area contributed by atoms with Crippen molar-refractivity contribution in [3.8, 4) is 5.75 Å². The quantitative estimate of drug-likeness (QED) is 0.429. The zero-order valence-corrected chi connectivity index (χ0v) is 21.3. The lowest BCUT2D eigenvalue weighted by Gasteiger charge is -2.17. The summed E-state index contributed by atoms with van der Waals surface area (Å²) in [4.78, 5) is 32.6. The highest BCUT2D eigenvalue weighted by Gasteiger charge is 2.39. The van der Waals surface area contributed by atoms with Crippen molar-refractivity contribution in [2.45, 2.75) is 31.9 Å². The molecule has 2 amide bonds. The Bertz CT molecular complexity index is 1270. The Hall–Kier alpha value is -3.65. The Morgan fingerprint density at radius 1 is 1.06 bits per heavy atom. The molecule has 4 rings (SSSR count). The van der Waals surface area contributed by atoms with Gasteiger partial charge in [-0.2, -0.15) is 0 Å². The van der Waals surface area contributed by atoms with Crippen LogP contribution in [-0.4, -0.2) is 40.8 Å². The molecule has 1 fully saturated rings. The zero-order chi connectivity index (χ0) is 25.7. The summed E-state index contributed by atoms with van der Waals surface area (Å²) in [6.45, 7) is 4.39. The fourth-order valence-corrected chi connectivity index (χ4v) is 5.14. The molecule has 1 N–H and O–H groups in total. The number of thioether (sulfide) groups is 1. The molecular weight excluding hydrogens is 477 g/mol. The third-order valence-corrected chi connectivity index (χ3v) is 7.14. The van der Waals surface area contributed by atoms with Crippen LogP contribution in [0.3, 0.4) is 0 Å². The molecule has 6 nitrogen and oxygen atoms in total. The minimum absolute atomic E-state index is 0.0807. The molecule has 0 saturated carbocycles. The number of para-hydroxylation sites is 2. The molecule has 1 saturated heterocycles. The van der Waals surface area contributed by atoms with E-state index in [1.807, 2.05) is 56.3 Å². The lowest BCUT2D eigenvalue weighted by Crippen LogP contribution is -2.35. The van der Waals surface area contributed by atoms with Crippen LogP contribution in [-0.2, 0) is 16.0 Å². The largest absolute Gasteiger partial charge is 0.497 e. The molecular formula is C28H28FN3O3S. The van der Waals surface area contributed by atoms with Crippen LogP contribution in [0.15, 0.2) is 71.7 Å². The summed E-state index contributed by atoms with van der Waals surface area (Å²) in [6, 6.07) is 19.6. The van der Waals surface area contributed by atoms with Crippen molar-refractivity contribution < 1.29 is 18.7 Å². The molecule has 1 atom stereocenters. The number of carbonyl (C=O) groups is 2. The molecule has 0 spiro atoms. The maximum Gasteiger partial charge on any atom is 0.242 e. The van der Waals surface area contributed by atoms with Crippen molar-refractivity contribution in [3.63, 3.8) is 0 Å². The van der Waals surface area contributed by atoms with E-state index in [1.54, 1.807) is 24.1 Å². The number of hydrogen-bond donors (Lipinski definition) is 1. The van der Waals surface area contributed by atoms with E-state index in [1.165, 1.54) is 23.9 Å². The summed E-state index contributed by atoms with van der Waals surface area (Å²) in [5.41, 5.74) is 3.98. The standard InChI is InChI=1S/C28H28FN3O3S/c1-18-7-6-8-19(2)26(18)31-28-32(16-15-20-11-13-21(35-3)14-12-20)27(34)24(36-28)17-25(33)30-23-10-5-4-9-22(23)29/h4-14,24H,15-17H2,1-3H3,(H,30,33). The van der Waals surface area contributed by atoms with Crippen LogP contribution < -0.4 is 10.1 Å². The van der Waals surface area contributed by atoms with Gasteiger partial charge in [-0.05, 0) is 61.2 Å². The number of nitrogens with zero attached hydrogens (tertiary/aromatic N) is 2. The lowest BCUT2D eigenvalue weighted by molar-refractivity contribution is -0.128. The van der Waals surface area contributed by atoms with Gasteiger partial charge >= 0.3 is 0 Å². The first-order valence-electron chi connectivity index (χ1n) is 11.7. The summed E-state index contributed by atoms with van der Waals surface area (Å²) in [6.07, 6.45) is 0.541. The number of aliphatic imine (C=N–C) groups is 1. The zero-order valence-electron chi connectivity index (χ0n) is 20.5. The number of halogens is 1. The Kier molecular flexibility index (Phi) is 8.05. The van der Waals surface area contributed by atoms with E-state index < -0.39 is 17.0 Å². The van der Waals surface area contributed by atoms with Gasteiger partial charge in [-0.15, -0.1) is 0 Å². The minimum atomic E-state index is -0.643. The second-order valence-corrected chi connectivity index (χ2v) is 9.73. The van der Waals surface area contributed by atoms with E-state index in [0.717, 1.165) is 28.1 Å². The highest BCUT2D eigenvalue weighted by atomic mass is 32.2. The molecule has 186 valence electrons. The van der Waals surface area contributed by atoms with Crippen molar-refractivity contribution in [2.24, 2.45) is 4.99 Å². The Balaban J connectivity index is 1.55. The average Bonchev–Trinajstić information content (AvgIpc) is 3.15. The van der Waals surface area contributed by atoms with Gasteiger partial charge in [0.25, 0.3) is 0 Å². The molecule has 0 radical (unpaired) electrons. The number of nitrogens with one attached hydrogen (secondary N) is 1. The SMILES string of the molecule is COc1ccc(CCN2C(=O)C(CC(=O)Nc3ccccc3F)SC2=Nc2c(C)cccc2C)cc1. The molecule has 8 heteroatoms. The van der Waals surface area contributed by atoms with Crippen LogP contribution >= 0.6 is 11.8 Å². The van der Waals surface area contributed by atoms with Gasteiger partial charge in [0.1, 0.15) is 16.8 Å². The smallest absolute Gasteiger partial charge is 0.242 e. The molecule has 0 aromatic heterocycles. The van der Waals surface area contributed by atoms with E-state index in [4.69, 9.17) is 9.73 Å². The summed E-state index contributed by atoms with van der Waals surface area (Å²) in [5.74, 6) is -0.351. The van der Waals surface area contributed by atoms with Crippen LogP contribution in [0, 0.1) is 19.7 Å². The number of methoxy groups -OCH3 is 1. The molecule has 3 aromatic carbocycles. The molecule has 36 heavy (non-hydrogen) atoms. The first-order valence-corrected chi connectivity index (χ1v) is 12.5. The van der Waals surface area contributed by atoms with Crippen LogP contribution in [0.2, 0.25) is 0 Å². The van der Waals surface area contributed by atoms with Gasteiger partial charge in [-0.3, -0.25) is 14.5 Å². The number of carbonyl (C=O) groups excluding carboxylic acids is 2. The van der Waals surface area contributed by atoms with E-state index in [2.05, 4.69) is 5.32 Å². The van der Waals surface area contributed by atoms with Crippen molar-refractivity contribution in [3.05, 3.63) is 89.2 Å². The van der Waals surface area contributed by atoms with Crippen LogP contribution in [0.25, 0.3) is 0 Å². The van der Waals surface area contributed by atoms with Gasteiger partial charge in [0.05, 0.1) is 18.5 Å². The predicted octanol–water partition coefficient (Wildman–Crippen LogP) is 5.65. The topological polar surface area (TPSA) is 71.0 Å². The van der Waals surface area contributed by atoms with Crippen LogP contribution in [0.4, 0.5) is 15.8 Å². The van der Waals surface area contributed by atoms with E-state index >= 15 is 0 Å². The number of amidine groups is 1. The monoisotopic (exact) mass is 505 g/mol. The lowest BCUT2D eigenvalue weighted by atomic mass is 10.1. The van der Waals surface area contributed by atoms with Gasteiger partial charge in [-0.1, -0.05) is 54.2 Å². The second kappa shape index (κ2) is 11.4. The minimum Gasteiger partial charge on any atom is -0.497 e. The average molecular weight is 506 g/mol. The van der Waals surface area contributed by atoms with Crippen molar-refractivity contribution in [2.75, 3.05) is 19.0 Å². The highest BCUT2D eigenvalue weighted by molar-refractivity contribution is 8.15. The van der Waals surface area contributed by atoms with Gasteiger partial charge in [0.2, 0.25) is 11.8 Å². The molecule has 1 aliphatic rings. The molecule has 3 aromatic rings. The molecule has 0 bridgehead atoms.